The van der Waals surface area contributed by atoms with Crippen LogP contribution in [0, 0.1) is 0 Å². The van der Waals surface area contributed by atoms with Crippen LogP contribution in [0.1, 0.15) is 17.5 Å². The minimum atomic E-state index is 0.530. The largest absolute Gasteiger partial charge is 0.493 e. The lowest BCUT2D eigenvalue weighted by Gasteiger charge is -2.13. The van der Waals surface area contributed by atoms with E-state index in [-0.39, 0.29) is 0 Å². The molecule has 0 aliphatic rings. The van der Waals surface area contributed by atoms with Crippen molar-refractivity contribution in [1.29, 1.82) is 0 Å². The van der Waals surface area contributed by atoms with Crippen LogP contribution in [0.3, 0.4) is 0 Å². The van der Waals surface area contributed by atoms with Crippen LogP contribution in [-0.4, -0.2) is 27.4 Å². The molecule has 0 aliphatic heterocycles. The van der Waals surface area contributed by atoms with Crippen LogP contribution in [0.4, 0.5) is 0 Å². The third-order valence-corrected chi connectivity index (χ3v) is 3.50. The van der Waals surface area contributed by atoms with E-state index in [0.717, 1.165) is 43.2 Å². The second-order valence-corrected chi connectivity index (χ2v) is 5.28. The average Bonchev–Trinajstić information content (AvgIpc) is 2.61. The highest BCUT2D eigenvalue weighted by Gasteiger charge is 2.06. The molecular formula is C19H25NO3. The summed E-state index contributed by atoms with van der Waals surface area (Å²) in [5.41, 5.74) is 2.31. The molecule has 0 radical (unpaired) electrons. The summed E-state index contributed by atoms with van der Waals surface area (Å²) in [5.74, 6) is 1.52. The zero-order valence-electron chi connectivity index (χ0n) is 13.9. The molecule has 0 aromatic heterocycles. The normalized spacial score (nSPS) is 10.5. The Labute approximate surface area is 138 Å². The predicted molar refractivity (Wildman–Crippen MR) is 92.0 cm³/mol. The van der Waals surface area contributed by atoms with E-state index in [1.165, 1.54) is 5.56 Å². The van der Waals surface area contributed by atoms with Crippen molar-refractivity contribution in [2.45, 2.75) is 19.6 Å². The van der Waals surface area contributed by atoms with Crippen molar-refractivity contribution in [2.75, 3.05) is 27.4 Å². The van der Waals surface area contributed by atoms with E-state index < -0.39 is 0 Å². The zero-order valence-corrected chi connectivity index (χ0v) is 13.9. The first kappa shape index (κ1) is 17.3. The SMILES string of the molecule is COCCCNCc1ccc(OC)c(OCc2ccccc2)c1. The maximum atomic E-state index is 5.93. The molecule has 2 aromatic rings. The van der Waals surface area contributed by atoms with Crippen LogP contribution in [-0.2, 0) is 17.9 Å². The molecule has 0 saturated heterocycles. The van der Waals surface area contributed by atoms with Gasteiger partial charge in [0.25, 0.3) is 0 Å². The van der Waals surface area contributed by atoms with E-state index in [0.29, 0.717) is 6.61 Å². The number of ether oxygens (including phenoxy) is 3. The highest BCUT2D eigenvalue weighted by atomic mass is 16.5. The Morgan fingerprint density at radius 3 is 2.48 bits per heavy atom. The molecule has 23 heavy (non-hydrogen) atoms. The average molecular weight is 315 g/mol. The van der Waals surface area contributed by atoms with Crippen molar-refractivity contribution in [2.24, 2.45) is 0 Å². The summed E-state index contributed by atoms with van der Waals surface area (Å²) in [6.07, 6.45) is 1.00. The second kappa shape index (κ2) is 9.87. The summed E-state index contributed by atoms with van der Waals surface area (Å²) in [6.45, 7) is 3.04. The summed E-state index contributed by atoms with van der Waals surface area (Å²) in [4.78, 5) is 0. The highest BCUT2D eigenvalue weighted by molar-refractivity contribution is 5.43. The van der Waals surface area contributed by atoms with Gasteiger partial charge in [-0.2, -0.15) is 0 Å². The van der Waals surface area contributed by atoms with Gasteiger partial charge in [0.1, 0.15) is 6.61 Å². The summed E-state index contributed by atoms with van der Waals surface area (Å²) in [5, 5.41) is 3.40. The molecule has 0 atom stereocenters. The van der Waals surface area contributed by atoms with Crippen LogP contribution < -0.4 is 14.8 Å². The maximum Gasteiger partial charge on any atom is 0.161 e. The summed E-state index contributed by atoms with van der Waals surface area (Å²) >= 11 is 0. The number of methoxy groups -OCH3 is 2. The van der Waals surface area contributed by atoms with Crippen molar-refractivity contribution in [1.82, 2.24) is 5.32 Å². The number of nitrogens with one attached hydrogen (secondary N) is 1. The Kier molecular flexibility index (Phi) is 7.43. The quantitative estimate of drug-likeness (QED) is 0.682. The van der Waals surface area contributed by atoms with Crippen molar-refractivity contribution >= 4 is 0 Å². The smallest absolute Gasteiger partial charge is 0.161 e. The standard InChI is InChI=1S/C19H25NO3/c1-21-12-6-11-20-14-17-9-10-18(22-2)19(13-17)23-15-16-7-4-3-5-8-16/h3-5,7-10,13,20H,6,11-12,14-15H2,1-2H3. The number of benzene rings is 2. The van der Waals surface area contributed by atoms with E-state index in [2.05, 4.69) is 11.4 Å². The van der Waals surface area contributed by atoms with E-state index in [1.54, 1.807) is 14.2 Å². The fourth-order valence-electron chi connectivity index (χ4n) is 2.25. The van der Waals surface area contributed by atoms with Crippen LogP contribution in [0.25, 0.3) is 0 Å². The molecule has 4 heteroatoms. The topological polar surface area (TPSA) is 39.7 Å². The van der Waals surface area contributed by atoms with E-state index in [1.807, 2.05) is 42.5 Å². The number of rotatable bonds is 10. The fraction of sp³-hybridized carbons (Fsp3) is 0.368. The Hall–Kier alpha value is -2.04. The van der Waals surface area contributed by atoms with Gasteiger partial charge in [-0.3, -0.25) is 0 Å². The van der Waals surface area contributed by atoms with Gasteiger partial charge < -0.3 is 19.5 Å². The van der Waals surface area contributed by atoms with Gasteiger partial charge in [-0.1, -0.05) is 36.4 Å². The zero-order chi connectivity index (χ0) is 16.3. The molecule has 2 rings (SSSR count). The number of hydrogen-bond acceptors (Lipinski definition) is 4. The molecule has 1 N–H and O–H groups in total. The first-order chi connectivity index (χ1) is 11.3. The second-order valence-electron chi connectivity index (χ2n) is 5.28. The van der Waals surface area contributed by atoms with Crippen molar-refractivity contribution in [3.63, 3.8) is 0 Å². The van der Waals surface area contributed by atoms with E-state index in [9.17, 15) is 0 Å². The van der Waals surface area contributed by atoms with Crippen molar-refractivity contribution in [3.05, 3.63) is 59.7 Å². The van der Waals surface area contributed by atoms with E-state index in [4.69, 9.17) is 14.2 Å². The van der Waals surface area contributed by atoms with Gasteiger partial charge in [-0.05, 0) is 36.2 Å². The molecule has 0 saturated carbocycles. The monoisotopic (exact) mass is 315 g/mol. The molecule has 0 bridgehead atoms. The van der Waals surface area contributed by atoms with Crippen LogP contribution in [0.5, 0.6) is 11.5 Å². The molecule has 0 fully saturated rings. The van der Waals surface area contributed by atoms with Gasteiger partial charge >= 0.3 is 0 Å². The molecule has 0 amide bonds. The van der Waals surface area contributed by atoms with Crippen LogP contribution in [0.15, 0.2) is 48.5 Å². The van der Waals surface area contributed by atoms with Crippen molar-refractivity contribution in [3.8, 4) is 11.5 Å². The Bertz CT molecular complexity index is 572. The van der Waals surface area contributed by atoms with Crippen molar-refractivity contribution < 1.29 is 14.2 Å². The molecular weight excluding hydrogens is 290 g/mol. The molecule has 4 nitrogen and oxygen atoms in total. The summed E-state index contributed by atoms with van der Waals surface area (Å²) < 4.78 is 16.4. The van der Waals surface area contributed by atoms with Gasteiger partial charge in [0.05, 0.1) is 7.11 Å². The van der Waals surface area contributed by atoms with Crippen LogP contribution >= 0.6 is 0 Å². The number of hydrogen-bond donors (Lipinski definition) is 1. The van der Waals surface area contributed by atoms with Gasteiger partial charge in [0.2, 0.25) is 0 Å². The highest BCUT2D eigenvalue weighted by Crippen LogP contribution is 2.28. The van der Waals surface area contributed by atoms with E-state index >= 15 is 0 Å². The Morgan fingerprint density at radius 1 is 0.913 bits per heavy atom. The predicted octanol–water partition coefficient (Wildman–Crippen LogP) is 3.40. The first-order valence-corrected chi connectivity index (χ1v) is 7.87. The third-order valence-electron chi connectivity index (χ3n) is 3.50. The molecule has 0 aliphatic carbocycles. The molecule has 0 unspecified atom stereocenters. The lowest BCUT2D eigenvalue weighted by molar-refractivity contribution is 0.194. The lowest BCUT2D eigenvalue weighted by atomic mass is 10.2. The summed E-state index contributed by atoms with van der Waals surface area (Å²) in [6, 6.07) is 16.2. The first-order valence-electron chi connectivity index (χ1n) is 7.87. The molecule has 2 aromatic carbocycles. The summed E-state index contributed by atoms with van der Waals surface area (Å²) in [7, 11) is 3.38. The fourth-order valence-corrected chi connectivity index (χ4v) is 2.25. The molecule has 0 heterocycles. The minimum Gasteiger partial charge on any atom is -0.493 e. The molecule has 0 spiro atoms. The van der Waals surface area contributed by atoms with Gasteiger partial charge in [-0.25, -0.2) is 0 Å². The maximum absolute atomic E-state index is 5.93. The molecule has 124 valence electrons. The third kappa shape index (κ3) is 5.93. The minimum absolute atomic E-state index is 0.530. The lowest BCUT2D eigenvalue weighted by Crippen LogP contribution is -2.16. The van der Waals surface area contributed by atoms with Gasteiger partial charge in [-0.15, -0.1) is 0 Å². The Morgan fingerprint density at radius 2 is 1.74 bits per heavy atom. The Balaban J connectivity index is 1.92. The van der Waals surface area contributed by atoms with Gasteiger partial charge in [0, 0.05) is 20.3 Å². The van der Waals surface area contributed by atoms with Gasteiger partial charge in [0.15, 0.2) is 11.5 Å². The van der Waals surface area contributed by atoms with Crippen LogP contribution in [0.2, 0.25) is 0 Å².